The van der Waals surface area contributed by atoms with Crippen LogP contribution in [0.5, 0.6) is 0 Å². The molecule has 0 bridgehead atoms. The van der Waals surface area contributed by atoms with Crippen LogP contribution in [0.3, 0.4) is 0 Å². The topological polar surface area (TPSA) is 66.4 Å². The van der Waals surface area contributed by atoms with Gasteiger partial charge in [0.1, 0.15) is 6.04 Å². The summed E-state index contributed by atoms with van der Waals surface area (Å²) in [5.41, 5.74) is 1.42. The molecule has 4 heteroatoms. The lowest BCUT2D eigenvalue weighted by Gasteiger charge is -2.14. The van der Waals surface area contributed by atoms with Crippen LogP contribution < -0.4 is 5.32 Å². The maximum absolute atomic E-state index is 12.0. The zero-order chi connectivity index (χ0) is 13.5. The number of carboxylic acid groups (broad SMARTS) is 1. The van der Waals surface area contributed by atoms with Gasteiger partial charge in [0.2, 0.25) is 0 Å². The molecule has 0 saturated heterocycles. The first-order valence-electron chi connectivity index (χ1n) is 5.82. The largest absolute Gasteiger partial charge is 0.480 e. The second-order valence-electron chi connectivity index (χ2n) is 3.90. The molecule has 0 fully saturated rings. The van der Waals surface area contributed by atoms with Crippen molar-refractivity contribution in [3.8, 4) is 0 Å². The Labute approximate surface area is 106 Å². The van der Waals surface area contributed by atoms with E-state index in [1.54, 1.807) is 12.1 Å². The van der Waals surface area contributed by atoms with Gasteiger partial charge in [0.05, 0.1) is 0 Å². The molecule has 2 N–H and O–H groups in total. The molecule has 1 aromatic rings. The Balaban J connectivity index is 2.86. The first-order valence-corrected chi connectivity index (χ1v) is 5.82. The van der Waals surface area contributed by atoms with Crippen LogP contribution in [0.25, 0.3) is 0 Å². The van der Waals surface area contributed by atoms with Crippen molar-refractivity contribution in [1.82, 2.24) is 5.32 Å². The van der Waals surface area contributed by atoms with Gasteiger partial charge in [0.25, 0.3) is 5.91 Å². The SMILES string of the molecule is C=CCC(NC(=O)c1ccccc1CC)C(=O)O. The summed E-state index contributed by atoms with van der Waals surface area (Å²) >= 11 is 0. The van der Waals surface area contributed by atoms with Crippen molar-refractivity contribution in [2.75, 3.05) is 0 Å². The highest BCUT2D eigenvalue weighted by Gasteiger charge is 2.20. The third kappa shape index (κ3) is 3.45. The number of rotatable bonds is 6. The van der Waals surface area contributed by atoms with Crippen LogP contribution in [0.4, 0.5) is 0 Å². The molecule has 1 amide bonds. The van der Waals surface area contributed by atoms with E-state index in [1.165, 1.54) is 6.08 Å². The van der Waals surface area contributed by atoms with Crippen molar-refractivity contribution in [1.29, 1.82) is 0 Å². The maximum atomic E-state index is 12.0. The van der Waals surface area contributed by atoms with E-state index in [0.29, 0.717) is 5.56 Å². The molecule has 0 aliphatic heterocycles. The van der Waals surface area contributed by atoms with E-state index >= 15 is 0 Å². The summed E-state index contributed by atoms with van der Waals surface area (Å²) in [6.45, 7) is 5.43. The molecule has 18 heavy (non-hydrogen) atoms. The van der Waals surface area contributed by atoms with Crippen molar-refractivity contribution in [2.24, 2.45) is 0 Å². The predicted octanol–water partition coefficient (Wildman–Crippen LogP) is 2.01. The smallest absolute Gasteiger partial charge is 0.326 e. The molecular weight excluding hydrogens is 230 g/mol. The number of hydrogen-bond acceptors (Lipinski definition) is 2. The number of aliphatic carboxylic acids is 1. The van der Waals surface area contributed by atoms with Crippen molar-refractivity contribution < 1.29 is 14.7 Å². The molecule has 1 unspecified atom stereocenters. The van der Waals surface area contributed by atoms with Gasteiger partial charge >= 0.3 is 5.97 Å². The van der Waals surface area contributed by atoms with Gasteiger partial charge in [-0.25, -0.2) is 4.79 Å². The summed E-state index contributed by atoms with van der Waals surface area (Å²) in [5.74, 6) is -1.42. The Kier molecular flexibility index (Phi) is 5.11. The molecule has 1 aromatic carbocycles. The van der Waals surface area contributed by atoms with Crippen LogP contribution in [0, 0.1) is 0 Å². The first kappa shape index (κ1) is 14.0. The highest BCUT2D eigenvalue weighted by Crippen LogP contribution is 2.10. The van der Waals surface area contributed by atoms with Crippen LogP contribution in [0.1, 0.15) is 29.3 Å². The number of benzene rings is 1. The molecule has 0 aliphatic rings. The third-order valence-electron chi connectivity index (χ3n) is 2.65. The normalized spacial score (nSPS) is 11.6. The Bertz CT molecular complexity index is 454. The number of carboxylic acids is 1. The highest BCUT2D eigenvalue weighted by molar-refractivity contribution is 5.97. The quantitative estimate of drug-likeness (QED) is 0.756. The van der Waals surface area contributed by atoms with Gasteiger partial charge in [-0.15, -0.1) is 6.58 Å². The van der Waals surface area contributed by atoms with Gasteiger partial charge in [-0.1, -0.05) is 31.2 Å². The predicted molar refractivity (Wildman–Crippen MR) is 69.5 cm³/mol. The van der Waals surface area contributed by atoms with Gasteiger partial charge in [-0.05, 0) is 24.5 Å². The summed E-state index contributed by atoms with van der Waals surface area (Å²) < 4.78 is 0. The molecule has 0 aromatic heterocycles. The summed E-state index contributed by atoms with van der Waals surface area (Å²) in [7, 11) is 0. The number of nitrogens with one attached hydrogen (secondary N) is 1. The van der Waals surface area contributed by atoms with E-state index in [2.05, 4.69) is 11.9 Å². The highest BCUT2D eigenvalue weighted by atomic mass is 16.4. The van der Waals surface area contributed by atoms with Crippen LogP contribution in [0.15, 0.2) is 36.9 Å². The monoisotopic (exact) mass is 247 g/mol. The van der Waals surface area contributed by atoms with Gasteiger partial charge < -0.3 is 10.4 Å². The summed E-state index contributed by atoms with van der Waals surface area (Å²) in [6.07, 6.45) is 2.41. The average Bonchev–Trinajstić information content (AvgIpc) is 2.37. The Morgan fingerprint density at radius 1 is 1.44 bits per heavy atom. The lowest BCUT2D eigenvalue weighted by molar-refractivity contribution is -0.139. The lowest BCUT2D eigenvalue weighted by atomic mass is 10.0. The minimum Gasteiger partial charge on any atom is -0.480 e. The molecule has 4 nitrogen and oxygen atoms in total. The fourth-order valence-electron chi connectivity index (χ4n) is 1.67. The van der Waals surface area contributed by atoms with E-state index in [9.17, 15) is 9.59 Å². The Morgan fingerprint density at radius 3 is 2.67 bits per heavy atom. The summed E-state index contributed by atoms with van der Waals surface area (Å²) in [5, 5.41) is 11.5. The summed E-state index contributed by atoms with van der Waals surface area (Å²) in [4.78, 5) is 23.0. The third-order valence-corrected chi connectivity index (χ3v) is 2.65. The zero-order valence-electron chi connectivity index (χ0n) is 10.3. The van der Waals surface area contributed by atoms with Crippen LogP contribution >= 0.6 is 0 Å². The number of carbonyl (C=O) groups is 2. The van der Waals surface area contributed by atoms with Crippen LogP contribution in [-0.4, -0.2) is 23.0 Å². The molecule has 0 saturated carbocycles. The second-order valence-corrected chi connectivity index (χ2v) is 3.90. The van der Waals surface area contributed by atoms with Crippen molar-refractivity contribution >= 4 is 11.9 Å². The number of aryl methyl sites for hydroxylation is 1. The van der Waals surface area contributed by atoms with Gasteiger partial charge in [0, 0.05) is 5.56 Å². The fraction of sp³-hybridized carbons (Fsp3) is 0.286. The maximum Gasteiger partial charge on any atom is 0.326 e. The van der Waals surface area contributed by atoms with Crippen molar-refractivity contribution in [3.63, 3.8) is 0 Å². The lowest BCUT2D eigenvalue weighted by Crippen LogP contribution is -2.40. The Hall–Kier alpha value is -2.10. The molecule has 1 atom stereocenters. The van der Waals surface area contributed by atoms with Crippen LogP contribution in [0.2, 0.25) is 0 Å². The second kappa shape index (κ2) is 6.59. The molecule has 0 spiro atoms. The van der Waals surface area contributed by atoms with Gasteiger partial charge in [0.15, 0.2) is 0 Å². The molecule has 1 rings (SSSR count). The molecule has 96 valence electrons. The zero-order valence-corrected chi connectivity index (χ0v) is 10.3. The minimum absolute atomic E-state index is 0.204. The fourth-order valence-corrected chi connectivity index (χ4v) is 1.67. The van der Waals surface area contributed by atoms with E-state index < -0.39 is 12.0 Å². The van der Waals surface area contributed by atoms with Crippen LogP contribution in [-0.2, 0) is 11.2 Å². The Morgan fingerprint density at radius 2 is 2.11 bits per heavy atom. The van der Waals surface area contributed by atoms with E-state index in [-0.39, 0.29) is 12.3 Å². The number of carbonyl (C=O) groups excluding carboxylic acids is 1. The molecule has 0 radical (unpaired) electrons. The molecule has 0 aliphatic carbocycles. The average molecular weight is 247 g/mol. The number of hydrogen-bond donors (Lipinski definition) is 2. The molecular formula is C14H17NO3. The first-order chi connectivity index (χ1) is 8.60. The van der Waals surface area contributed by atoms with E-state index in [0.717, 1.165) is 12.0 Å². The van der Waals surface area contributed by atoms with E-state index in [4.69, 9.17) is 5.11 Å². The number of amides is 1. The van der Waals surface area contributed by atoms with Gasteiger partial charge in [-0.3, -0.25) is 4.79 Å². The molecule has 0 heterocycles. The minimum atomic E-state index is -1.06. The summed E-state index contributed by atoms with van der Waals surface area (Å²) in [6, 6.07) is 6.24. The van der Waals surface area contributed by atoms with Crippen molar-refractivity contribution in [2.45, 2.75) is 25.8 Å². The van der Waals surface area contributed by atoms with Crippen molar-refractivity contribution in [3.05, 3.63) is 48.0 Å². The van der Waals surface area contributed by atoms with Gasteiger partial charge in [-0.2, -0.15) is 0 Å². The van der Waals surface area contributed by atoms with E-state index in [1.807, 2.05) is 19.1 Å². The standard InChI is InChI=1S/C14H17NO3/c1-3-7-12(14(17)18)15-13(16)11-9-6-5-8-10(11)4-2/h3,5-6,8-9,12H,1,4,7H2,2H3,(H,15,16)(H,17,18).